The Morgan fingerprint density at radius 3 is 2.92 bits per heavy atom. The number of imidazole rings is 1. The van der Waals surface area contributed by atoms with Crippen LogP contribution in [0.25, 0.3) is 0 Å². The molecule has 1 amide bonds. The standard InChI is InChI=1S/C8H13N3OS/c1-3-9-7(12)5-11-4-6(2)10-8(11)13/h4H,3,5H2,1-2H3,(H,9,12)(H,10,13). The average Bonchev–Trinajstić information content (AvgIpc) is 2.30. The second-order valence-electron chi connectivity index (χ2n) is 2.82. The first-order valence-electron chi connectivity index (χ1n) is 4.16. The van der Waals surface area contributed by atoms with Gasteiger partial charge in [-0.3, -0.25) is 4.79 Å². The predicted molar refractivity (Wildman–Crippen MR) is 53.0 cm³/mol. The van der Waals surface area contributed by atoms with Crippen LogP contribution in [-0.2, 0) is 11.3 Å². The fourth-order valence-corrected chi connectivity index (χ4v) is 1.37. The van der Waals surface area contributed by atoms with Crippen molar-refractivity contribution in [3.8, 4) is 0 Å². The highest BCUT2D eigenvalue weighted by molar-refractivity contribution is 7.71. The van der Waals surface area contributed by atoms with Crippen LogP contribution in [0.1, 0.15) is 12.6 Å². The minimum absolute atomic E-state index is 0.0161. The van der Waals surface area contributed by atoms with E-state index in [1.807, 2.05) is 20.0 Å². The molecule has 0 aromatic carbocycles. The number of aromatic amines is 1. The van der Waals surface area contributed by atoms with Crippen molar-refractivity contribution in [2.75, 3.05) is 6.54 Å². The summed E-state index contributed by atoms with van der Waals surface area (Å²) in [6.45, 7) is 4.73. The van der Waals surface area contributed by atoms with Gasteiger partial charge in [0.15, 0.2) is 4.77 Å². The first-order chi connectivity index (χ1) is 6.13. The number of likely N-dealkylation sites (N-methyl/N-ethyl adjacent to an activating group) is 1. The molecule has 4 nitrogen and oxygen atoms in total. The van der Waals surface area contributed by atoms with Gasteiger partial charge >= 0.3 is 0 Å². The van der Waals surface area contributed by atoms with Crippen molar-refractivity contribution in [3.63, 3.8) is 0 Å². The van der Waals surface area contributed by atoms with Gasteiger partial charge in [0.25, 0.3) is 0 Å². The maximum Gasteiger partial charge on any atom is 0.240 e. The molecule has 0 spiro atoms. The van der Waals surface area contributed by atoms with Crippen molar-refractivity contribution >= 4 is 18.1 Å². The molecule has 0 bridgehead atoms. The highest BCUT2D eigenvalue weighted by Gasteiger charge is 2.02. The van der Waals surface area contributed by atoms with E-state index >= 15 is 0 Å². The average molecular weight is 199 g/mol. The molecule has 0 saturated carbocycles. The van der Waals surface area contributed by atoms with Gasteiger partial charge in [0.1, 0.15) is 6.54 Å². The topological polar surface area (TPSA) is 49.8 Å². The molecule has 13 heavy (non-hydrogen) atoms. The Kier molecular flexibility index (Phi) is 3.25. The first-order valence-corrected chi connectivity index (χ1v) is 4.57. The smallest absolute Gasteiger partial charge is 0.240 e. The Labute approximate surface area is 82.0 Å². The third-order valence-corrected chi connectivity index (χ3v) is 1.94. The van der Waals surface area contributed by atoms with Crippen molar-refractivity contribution in [2.24, 2.45) is 0 Å². The number of aryl methyl sites for hydroxylation is 1. The van der Waals surface area contributed by atoms with E-state index < -0.39 is 0 Å². The summed E-state index contributed by atoms with van der Waals surface area (Å²) in [7, 11) is 0. The van der Waals surface area contributed by atoms with Gasteiger partial charge in [-0.05, 0) is 26.1 Å². The number of aromatic nitrogens is 2. The minimum Gasteiger partial charge on any atom is -0.355 e. The Hall–Kier alpha value is -1.10. The summed E-state index contributed by atoms with van der Waals surface area (Å²) in [5.41, 5.74) is 0.967. The molecule has 0 radical (unpaired) electrons. The monoisotopic (exact) mass is 199 g/mol. The van der Waals surface area contributed by atoms with Crippen LogP contribution >= 0.6 is 12.2 Å². The third kappa shape index (κ3) is 2.69. The summed E-state index contributed by atoms with van der Waals surface area (Å²) in [5.74, 6) is -0.0161. The second-order valence-corrected chi connectivity index (χ2v) is 3.21. The number of amides is 1. The van der Waals surface area contributed by atoms with E-state index in [1.165, 1.54) is 0 Å². The summed E-state index contributed by atoms with van der Waals surface area (Å²) >= 11 is 5.00. The molecule has 5 heteroatoms. The summed E-state index contributed by atoms with van der Waals surface area (Å²) in [5, 5.41) is 2.71. The lowest BCUT2D eigenvalue weighted by Gasteiger charge is -2.01. The highest BCUT2D eigenvalue weighted by atomic mass is 32.1. The maximum absolute atomic E-state index is 11.2. The first kappa shape index (κ1) is 9.98. The summed E-state index contributed by atoms with van der Waals surface area (Å²) in [4.78, 5) is 14.1. The summed E-state index contributed by atoms with van der Waals surface area (Å²) in [6, 6.07) is 0. The van der Waals surface area contributed by atoms with Gasteiger partial charge in [0, 0.05) is 18.4 Å². The zero-order chi connectivity index (χ0) is 9.84. The number of H-pyrrole nitrogens is 1. The molecule has 0 aliphatic heterocycles. The zero-order valence-corrected chi connectivity index (χ0v) is 8.57. The number of hydrogen-bond acceptors (Lipinski definition) is 2. The van der Waals surface area contributed by atoms with Gasteiger partial charge in [0.05, 0.1) is 0 Å². The molecule has 1 aromatic rings. The van der Waals surface area contributed by atoms with Crippen LogP contribution in [0.2, 0.25) is 0 Å². The number of rotatable bonds is 3. The number of nitrogens with one attached hydrogen (secondary N) is 2. The van der Waals surface area contributed by atoms with Crippen LogP contribution in [0.5, 0.6) is 0 Å². The number of carbonyl (C=O) groups is 1. The molecule has 1 heterocycles. The molecule has 2 N–H and O–H groups in total. The van der Waals surface area contributed by atoms with Gasteiger partial charge < -0.3 is 14.9 Å². The Morgan fingerprint density at radius 2 is 2.46 bits per heavy atom. The molecule has 0 atom stereocenters. The fraction of sp³-hybridized carbons (Fsp3) is 0.500. The largest absolute Gasteiger partial charge is 0.355 e. The van der Waals surface area contributed by atoms with E-state index in [0.29, 0.717) is 11.3 Å². The van der Waals surface area contributed by atoms with Gasteiger partial charge in [-0.15, -0.1) is 0 Å². The van der Waals surface area contributed by atoms with E-state index in [0.717, 1.165) is 5.69 Å². The minimum atomic E-state index is -0.0161. The van der Waals surface area contributed by atoms with Crippen LogP contribution in [0.4, 0.5) is 0 Å². The van der Waals surface area contributed by atoms with Gasteiger partial charge in [-0.2, -0.15) is 0 Å². The number of nitrogens with zero attached hydrogens (tertiary/aromatic N) is 1. The molecule has 0 saturated heterocycles. The molecule has 72 valence electrons. The lowest BCUT2D eigenvalue weighted by atomic mass is 10.5. The van der Waals surface area contributed by atoms with Crippen molar-refractivity contribution in [1.82, 2.24) is 14.9 Å². The summed E-state index contributed by atoms with van der Waals surface area (Å²) < 4.78 is 2.30. The SMILES string of the molecule is CCNC(=O)Cn1cc(C)[nH]c1=S. The van der Waals surface area contributed by atoms with Gasteiger partial charge in [-0.1, -0.05) is 0 Å². The second kappa shape index (κ2) is 4.23. The maximum atomic E-state index is 11.2. The van der Waals surface area contributed by atoms with E-state index in [4.69, 9.17) is 12.2 Å². The lowest BCUT2D eigenvalue weighted by Crippen LogP contribution is -2.26. The fourth-order valence-electron chi connectivity index (χ4n) is 1.09. The van der Waals surface area contributed by atoms with Crippen LogP contribution < -0.4 is 5.32 Å². The zero-order valence-electron chi connectivity index (χ0n) is 7.76. The van der Waals surface area contributed by atoms with E-state index in [1.54, 1.807) is 4.57 Å². The quantitative estimate of drug-likeness (QED) is 0.713. The summed E-state index contributed by atoms with van der Waals surface area (Å²) in [6.07, 6.45) is 1.83. The lowest BCUT2D eigenvalue weighted by molar-refractivity contribution is -0.121. The third-order valence-electron chi connectivity index (χ3n) is 1.60. The van der Waals surface area contributed by atoms with Gasteiger partial charge in [-0.25, -0.2) is 0 Å². The van der Waals surface area contributed by atoms with Crippen LogP contribution in [-0.4, -0.2) is 22.0 Å². The molecular weight excluding hydrogens is 186 g/mol. The van der Waals surface area contributed by atoms with Crippen LogP contribution in [0.3, 0.4) is 0 Å². The number of carbonyl (C=O) groups excluding carboxylic acids is 1. The molecule has 1 aromatic heterocycles. The molecule has 1 rings (SSSR count). The normalized spacial score (nSPS) is 10.0. The van der Waals surface area contributed by atoms with Gasteiger partial charge in [0.2, 0.25) is 5.91 Å². The molecule has 0 unspecified atom stereocenters. The molecule has 0 aliphatic carbocycles. The van der Waals surface area contributed by atoms with Crippen molar-refractivity contribution in [3.05, 3.63) is 16.7 Å². The van der Waals surface area contributed by atoms with Crippen LogP contribution in [0, 0.1) is 11.7 Å². The Bertz CT molecular complexity index is 353. The predicted octanol–water partition coefficient (Wildman–Crippen LogP) is 0.990. The van der Waals surface area contributed by atoms with Crippen LogP contribution in [0.15, 0.2) is 6.20 Å². The molecular formula is C8H13N3OS. The van der Waals surface area contributed by atoms with Crippen molar-refractivity contribution in [2.45, 2.75) is 20.4 Å². The van der Waals surface area contributed by atoms with E-state index in [9.17, 15) is 4.79 Å². The Morgan fingerprint density at radius 1 is 1.77 bits per heavy atom. The van der Waals surface area contributed by atoms with Crippen molar-refractivity contribution in [1.29, 1.82) is 0 Å². The number of hydrogen-bond donors (Lipinski definition) is 2. The van der Waals surface area contributed by atoms with E-state index in [-0.39, 0.29) is 12.5 Å². The highest BCUT2D eigenvalue weighted by Crippen LogP contribution is 1.96. The molecule has 0 fully saturated rings. The van der Waals surface area contributed by atoms with E-state index in [2.05, 4.69) is 10.3 Å². The molecule has 0 aliphatic rings. The Balaban J connectivity index is 2.69. The van der Waals surface area contributed by atoms with Crippen molar-refractivity contribution < 1.29 is 4.79 Å².